The summed E-state index contributed by atoms with van der Waals surface area (Å²) in [5.41, 5.74) is 7.60. The number of amides is 1. The molecule has 2 heterocycles. The highest BCUT2D eigenvalue weighted by Gasteiger charge is 2.39. The maximum Gasteiger partial charge on any atom is 0.226 e. The van der Waals surface area contributed by atoms with Crippen molar-refractivity contribution in [3.05, 3.63) is 42.1 Å². The Morgan fingerprint density at radius 2 is 2.04 bits per heavy atom. The molecule has 2 fully saturated rings. The van der Waals surface area contributed by atoms with Crippen molar-refractivity contribution in [3.8, 4) is 11.3 Å². The smallest absolute Gasteiger partial charge is 0.226 e. The summed E-state index contributed by atoms with van der Waals surface area (Å²) < 4.78 is 13.1. The lowest BCUT2D eigenvalue weighted by Crippen LogP contribution is -2.39. The Morgan fingerprint density at radius 1 is 1.23 bits per heavy atom. The Kier molecular flexibility index (Phi) is 4.76. The van der Waals surface area contributed by atoms with E-state index in [1.54, 1.807) is 18.3 Å². The van der Waals surface area contributed by atoms with E-state index in [4.69, 9.17) is 5.73 Å². The SMILES string of the molecule is NC[C@H]1CCC[C@H]1C(=O)N1CCCC1c1ncc(-c2ccc(F)cc2)[nH]1. The number of imidazole rings is 1. The van der Waals surface area contributed by atoms with Crippen molar-refractivity contribution in [2.45, 2.75) is 38.1 Å². The molecule has 3 atom stereocenters. The number of nitrogens with one attached hydrogen (secondary N) is 1. The molecule has 3 N–H and O–H groups in total. The predicted molar refractivity (Wildman–Crippen MR) is 97.6 cm³/mol. The number of H-pyrrole nitrogens is 1. The molecule has 1 aromatic carbocycles. The van der Waals surface area contributed by atoms with Crippen LogP contribution in [0.1, 0.15) is 44.0 Å². The predicted octanol–water partition coefficient (Wildman–Crippen LogP) is 3.25. The minimum atomic E-state index is -0.257. The number of hydrogen-bond acceptors (Lipinski definition) is 3. The first kappa shape index (κ1) is 17.2. The van der Waals surface area contributed by atoms with E-state index < -0.39 is 0 Å². The zero-order chi connectivity index (χ0) is 18.1. The fraction of sp³-hybridized carbons (Fsp3) is 0.500. The zero-order valence-electron chi connectivity index (χ0n) is 14.8. The van der Waals surface area contributed by atoms with Crippen LogP contribution in [0, 0.1) is 17.7 Å². The molecule has 5 nitrogen and oxygen atoms in total. The van der Waals surface area contributed by atoms with Crippen LogP contribution >= 0.6 is 0 Å². The van der Waals surface area contributed by atoms with Gasteiger partial charge in [-0.1, -0.05) is 6.42 Å². The molecule has 138 valence electrons. The molecule has 1 amide bonds. The fourth-order valence-corrected chi connectivity index (χ4v) is 4.45. The lowest BCUT2D eigenvalue weighted by Gasteiger charge is -2.28. The number of halogens is 1. The molecule has 2 aromatic rings. The Morgan fingerprint density at radius 3 is 2.81 bits per heavy atom. The second-order valence-electron chi connectivity index (χ2n) is 7.41. The van der Waals surface area contributed by atoms with Gasteiger partial charge >= 0.3 is 0 Å². The number of nitrogens with two attached hydrogens (primary N) is 1. The summed E-state index contributed by atoms with van der Waals surface area (Å²) in [6, 6.07) is 6.34. The first-order valence-electron chi connectivity index (χ1n) is 9.48. The van der Waals surface area contributed by atoms with Crippen molar-refractivity contribution in [1.82, 2.24) is 14.9 Å². The summed E-state index contributed by atoms with van der Waals surface area (Å²) in [6.45, 7) is 1.37. The molecule has 1 aromatic heterocycles. The van der Waals surface area contributed by atoms with Crippen molar-refractivity contribution in [2.24, 2.45) is 17.6 Å². The van der Waals surface area contributed by atoms with Crippen LogP contribution in [-0.4, -0.2) is 33.9 Å². The topological polar surface area (TPSA) is 75.0 Å². The van der Waals surface area contributed by atoms with E-state index in [1.165, 1.54) is 12.1 Å². The molecule has 26 heavy (non-hydrogen) atoms. The van der Waals surface area contributed by atoms with Crippen molar-refractivity contribution >= 4 is 5.91 Å². The number of aromatic nitrogens is 2. The van der Waals surface area contributed by atoms with E-state index in [-0.39, 0.29) is 23.7 Å². The number of likely N-dealkylation sites (tertiary alicyclic amines) is 1. The van der Waals surface area contributed by atoms with Crippen LogP contribution in [-0.2, 0) is 4.79 Å². The van der Waals surface area contributed by atoms with Gasteiger partial charge in [-0.05, 0) is 68.0 Å². The zero-order valence-corrected chi connectivity index (χ0v) is 14.8. The average Bonchev–Trinajstić information content (AvgIpc) is 3.40. The van der Waals surface area contributed by atoms with Crippen LogP contribution in [0.3, 0.4) is 0 Å². The molecule has 1 aliphatic carbocycles. The van der Waals surface area contributed by atoms with E-state index in [1.807, 2.05) is 4.90 Å². The summed E-state index contributed by atoms with van der Waals surface area (Å²) in [5, 5.41) is 0. The molecule has 1 saturated carbocycles. The number of aromatic amines is 1. The third-order valence-electron chi connectivity index (χ3n) is 5.88. The van der Waals surface area contributed by atoms with Crippen molar-refractivity contribution in [3.63, 3.8) is 0 Å². The highest BCUT2D eigenvalue weighted by Crippen LogP contribution is 2.38. The van der Waals surface area contributed by atoms with Crippen LogP contribution in [0.4, 0.5) is 4.39 Å². The second-order valence-corrected chi connectivity index (χ2v) is 7.41. The van der Waals surface area contributed by atoms with Gasteiger partial charge < -0.3 is 15.6 Å². The van der Waals surface area contributed by atoms with E-state index in [2.05, 4.69) is 9.97 Å². The van der Waals surface area contributed by atoms with Gasteiger partial charge in [-0.15, -0.1) is 0 Å². The normalized spacial score (nSPS) is 25.8. The van der Waals surface area contributed by atoms with Gasteiger partial charge in [0.2, 0.25) is 5.91 Å². The highest BCUT2D eigenvalue weighted by molar-refractivity contribution is 5.80. The number of nitrogens with zero attached hydrogens (tertiary/aromatic N) is 2. The largest absolute Gasteiger partial charge is 0.340 e. The number of carbonyl (C=O) groups excluding carboxylic acids is 1. The molecule has 1 saturated heterocycles. The number of hydrogen-bond donors (Lipinski definition) is 2. The molecule has 0 radical (unpaired) electrons. The lowest BCUT2D eigenvalue weighted by molar-refractivity contribution is -0.137. The molecular formula is C20H25FN4O. The standard InChI is InChI=1S/C20H25FN4O/c21-15-8-6-13(7-9-15)17-12-23-19(24-17)18-5-2-10-25(18)20(26)16-4-1-3-14(16)11-22/h6-9,12,14,16,18H,1-5,10-11,22H2,(H,23,24)/t14-,16-,18?/m1/s1. The molecule has 6 heteroatoms. The molecule has 1 unspecified atom stereocenters. The quantitative estimate of drug-likeness (QED) is 0.883. The van der Waals surface area contributed by atoms with E-state index in [0.717, 1.165) is 55.7 Å². The first-order chi connectivity index (χ1) is 12.7. The minimum absolute atomic E-state index is 0.00396. The molecule has 4 rings (SSSR count). The van der Waals surface area contributed by atoms with Crippen LogP contribution in [0.25, 0.3) is 11.3 Å². The van der Waals surface area contributed by atoms with Gasteiger partial charge in [-0.3, -0.25) is 4.79 Å². The monoisotopic (exact) mass is 356 g/mol. The van der Waals surface area contributed by atoms with Crippen LogP contribution in [0.15, 0.2) is 30.5 Å². The second kappa shape index (κ2) is 7.19. The van der Waals surface area contributed by atoms with Crippen LogP contribution in [0.2, 0.25) is 0 Å². The van der Waals surface area contributed by atoms with Gasteiger partial charge in [-0.2, -0.15) is 0 Å². The molecule has 1 aliphatic heterocycles. The van der Waals surface area contributed by atoms with Gasteiger partial charge in [0.1, 0.15) is 11.6 Å². The summed E-state index contributed by atoms with van der Waals surface area (Å²) >= 11 is 0. The van der Waals surface area contributed by atoms with E-state index in [0.29, 0.717) is 12.5 Å². The van der Waals surface area contributed by atoms with Gasteiger partial charge in [0.25, 0.3) is 0 Å². The summed E-state index contributed by atoms with van der Waals surface area (Å²) in [6.07, 6.45) is 6.77. The van der Waals surface area contributed by atoms with Gasteiger partial charge in [0.15, 0.2) is 0 Å². The minimum Gasteiger partial charge on any atom is -0.340 e. The Labute approximate surface area is 152 Å². The Hall–Kier alpha value is -2.21. The first-order valence-corrected chi connectivity index (χ1v) is 9.48. The van der Waals surface area contributed by atoms with E-state index in [9.17, 15) is 9.18 Å². The van der Waals surface area contributed by atoms with Crippen LogP contribution in [0.5, 0.6) is 0 Å². The van der Waals surface area contributed by atoms with Crippen molar-refractivity contribution in [1.29, 1.82) is 0 Å². The highest BCUT2D eigenvalue weighted by atomic mass is 19.1. The Balaban J connectivity index is 1.53. The number of benzene rings is 1. The number of rotatable bonds is 4. The van der Waals surface area contributed by atoms with Crippen LogP contribution < -0.4 is 5.73 Å². The number of carbonyl (C=O) groups is 1. The summed E-state index contributed by atoms with van der Waals surface area (Å²) in [7, 11) is 0. The van der Waals surface area contributed by atoms with Gasteiger partial charge in [0, 0.05) is 12.5 Å². The molecule has 0 bridgehead atoms. The Bertz CT molecular complexity index is 772. The fourth-order valence-electron chi connectivity index (χ4n) is 4.45. The van der Waals surface area contributed by atoms with E-state index >= 15 is 0 Å². The summed E-state index contributed by atoms with van der Waals surface area (Å²) in [5.74, 6) is 1.17. The van der Waals surface area contributed by atoms with Gasteiger partial charge in [-0.25, -0.2) is 9.37 Å². The summed E-state index contributed by atoms with van der Waals surface area (Å²) in [4.78, 5) is 23.0. The average molecular weight is 356 g/mol. The lowest BCUT2D eigenvalue weighted by atomic mass is 9.94. The molecular weight excluding hydrogens is 331 g/mol. The molecule has 0 spiro atoms. The van der Waals surface area contributed by atoms with Crippen molar-refractivity contribution in [2.75, 3.05) is 13.1 Å². The van der Waals surface area contributed by atoms with Gasteiger partial charge in [0.05, 0.1) is 17.9 Å². The molecule has 2 aliphatic rings. The third-order valence-corrected chi connectivity index (χ3v) is 5.88. The third kappa shape index (κ3) is 3.14. The van der Waals surface area contributed by atoms with Crippen molar-refractivity contribution < 1.29 is 9.18 Å². The maximum atomic E-state index is 13.1. The maximum absolute atomic E-state index is 13.1.